The lowest BCUT2D eigenvalue weighted by Crippen LogP contribution is -2.02. The Morgan fingerprint density at radius 1 is 1.50 bits per heavy atom. The average molecular weight is 191 g/mol. The summed E-state index contributed by atoms with van der Waals surface area (Å²) in [6, 6.07) is 3.73. The van der Waals surface area contributed by atoms with Gasteiger partial charge in [-0.05, 0) is 32.4 Å². The Morgan fingerprint density at radius 2 is 2.29 bits per heavy atom. The van der Waals surface area contributed by atoms with Crippen LogP contribution in [-0.4, -0.2) is 11.5 Å². The van der Waals surface area contributed by atoms with Gasteiger partial charge in [-0.1, -0.05) is 11.6 Å². The number of aromatic nitrogens is 1. The van der Waals surface area contributed by atoms with Gasteiger partial charge < -0.3 is 11.1 Å². The molecular weight excluding hydrogens is 174 g/mol. The lowest BCUT2D eigenvalue weighted by atomic mass is 10.3. The molecule has 0 saturated heterocycles. The summed E-state index contributed by atoms with van der Waals surface area (Å²) in [6.45, 7) is 5.10. The Bertz CT molecular complexity index is 297. The predicted octanol–water partition coefficient (Wildman–Crippen LogP) is 2.43. The van der Waals surface area contributed by atoms with Crippen LogP contribution in [0.3, 0.4) is 0 Å². The van der Waals surface area contributed by atoms with Crippen LogP contribution < -0.4 is 11.1 Å². The van der Waals surface area contributed by atoms with Crippen molar-refractivity contribution in [2.45, 2.75) is 20.3 Å². The van der Waals surface area contributed by atoms with E-state index in [9.17, 15) is 0 Å². The Labute approximate surface area is 85.0 Å². The molecule has 0 fully saturated rings. The summed E-state index contributed by atoms with van der Waals surface area (Å²) in [4.78, 5) is 4.14. The molecule has 0 bridgehead atoms. The highest BCUT2D eigenvalue weighted by Gasteiger charge is 1.91. The fourth-order valence-corrected chi connectivity index (χ4v) is 1.07. The third-order valence-corrected chi connectivity index (χ3v) is 1.79. The number of nitrogens with zero attached hydrogens (tertiary/aromatic N) is 1. The number of allylic oxidation sites excluding steroid dienone is 1. The Hall–Kier alpha value is -1.51. The number of hydrogen-bond acceptors (Lipinski definition) is 3. The number of rotatable bonds is 4. The highest BCUT2D eigenvalue weighted by atomic mass is 15.0. The van der Waals surface area contributed by atoms with Gasteiger partial charge in [0.25, 0.3) is 0 Å². The van der Waals surface area contributed by atoms with Gasteiger partial charge in [-0.15, -0.1) is 0 Å². The average Bonchev–Trinajstić information content (AvgIpc) is 2.15. The molecule has 76 valence electrons. The minimum absolute atomic E-state index is 0.694. The lowest BCUT2D eigenvalue weighted by molar-refractivity contribution is 1.03. The van der Waals surface area contributed by atoms with Crippen molar-refractivity contribution in [1.29, 1.82) is 0 Å². The third kappa shape index (κ3) is 3.94. The minimum Gasteiger partial charge on any atom is -0.397 e. The van der Waals surface area contributed by atoms with Gasteiger partial charge in [0.05, 0.1) is 11.9 Å². The van der Waals surface area contributed by atoms with Gasteiger partial charge >= 0.3 is 0 Å². The fraction of sp³-hybridized carbons (Fsp3) is 0.364. The molecule has 3 N–H and O–H groups in total. The first-order valence-corrected chi connectivity index (χ1v) is 4.77. The smallest absolute Gasteiger partial charge is 0.126 e. The quantitative estimate of drug-likeness (QED) is 0.567. The monoisotopic (exact) mass is 191 g/mol. The molecule has 0 atom stereocenters. The van der Waals surface area contributed by atoms with Gasteiger partial charge in [0, 0.05) is 6.54 Å². The van der Waals surface area contributed by atoms with Gasteiger partial charge in [0.1, 0.15) is 5.82 Å². The zero-order chi connectivity index (χ0) is 10.4. The maximum atomic E-state index is 5.52. The van der Waals surface area contributed by atoms with Crippen LogP contribution in [0.15, 0.2) is 30.0 Å². The minimum atomic E-state index is 0.694. The summed E-state index contributed by atoms with van der Waals surface area (Å²) >= 11 is 0. The summed E-state index contributed by atoms with van der Waals surface area (Å²) < 4.78 is 0. The van der Waals surface area contributed by atoms with Gasteiger partial charge in [-0.3, -0.25) is 0 Å². The van der Waals surface area contributed by atoms with Gasteiger partial charge in [0.2, 0.25) is 0 Å². The van der Waals surface area contributed by atoms with Crippen molar-refractivity contribution < 1.29 is 0 Å². The summed E-state index contributed by atoms with van der Waals surface area (Å²) in [5, 5.41) is 3.22. The molecule has 1 rings (SSSR count). The van der Waals surface area contributed by atoms with E-state index in [1.807, 2.05) is 12.1 Å². The molecule has 1 heterocycles. The first-order valence-electron chi connectivity index (χ1n) is 4.77. The van der Waals surface area contributed by atoms with E-state index in [1.54, 1.807) is 6.20 Å². The highest BCUT2D eigenvalue weighted by molar-refractivity contribution is 5.43. The summed E-state index contributed by atoms with van der Waals surface area (Å²) in [5.41, 5.74) is 7.56. The maximum absolute atomic E-state index is 5.52. The standard InChI is InChI=1S/C11H17N3/c1-9(2)4-3-7-13-11-6-5-10(12)8-14-11/h4-6,8H,3,7,12H2,1-2H3,(H,13,14). The van der Waals surface area contributed by atoms with E-state index in [0.717, 1.165) is 18.8 Å². The second-order valence-corrected chi connectivity index (χ2v) is 3.47. The van der Waals surface area contributed by atoms with E-state index in [1.165, 1.54) is 5.57 Å². The van der Waals surface area contributed by atoms with Gasteiger partial charge in [0.15, 0.2) is 0 Å². The second-order valence-electron chi connectivity index (χ2n) is 3.47. The van der Waals surface area contributed by atoms with Crippen LogP contribution in [0.5, 0.6) is 0 Å². The van der Waals surface area contributed by atoms with Crippen molar-refractivity contribution in [3.8, 4) is 0 Å². The zero-order valence-corrected chi connectivity index (χ0v) is 8.75. The molecule has 0 aromatic carbocycles. The van der Waals surface area contributed by atoms with E-state index >= 15 is 0 Å². The second kappa shape index (κ2) is 5.27. The van der Waals surface area contributed by atoms with Gasteiger partial charge in [-0.2, -0.15) is 0 Å². The molecule has 0 aliphatic rings. The summed E-state index contributed by atoms with van der Waals surface area (Å²) in [7, 11) is 0. The topological polar surface area (TPSA) is 50.9 Å². The van der Waals surface area contributed by atoms with Crippen LogP contribution in [0.2, 0.25) is 0 Å². The molecule has 3 nitrogen and oxygen atoms in total. The Balaban J connectivity index is 2.32. The largest absolute Gasteiger partial charge is 0.397 e. The van der Waals surface area contributed by atoms with Crippen LogP contribution >= 0.6 is 0 Å². The molecule has 0 saturated carbocycles. The molecule has 0 aliphatic carbocycles. The summed E-state index contributed by atoms with van der Waals surface area (Å²) in [6.07, 6.45) is 4.88. The number of hydrogen-bond donors (Lipinski definition) is 2. The SMILES string of the molecule is CC(C)=CCCNc1ccc(N)cn1. The van der Waals surface area contributed by atoms with E-state index in [2.05, 4.69) is 30.2 Å². The van der Waals surface area contributed by atoms with Gasteiger partial charge in [-0.25, -0.2) is 4.98 Å². The van der Waals surface area contributed by atoms with Crippen molar-refractivity contribution in [2.75, 3.05) is 17.6 Å². The number of nitrogen functional groups attached to an aromatic ring is 1. The zero-order valence-electron chi connectivity index (χ0n) is 8.75. The molecular formula is C11H17N3. The van der Waals surface area contributed by atoms with E-state index in [4.69, 9.17) is 5.73 Å². The van der Waals surface area contributed by atoms with Crippen molar-refractivity contribution in [3.05, 3.63) is 30.0 Å². The Morgan fingerprint density at radius 3 is 2.86 bits per heavy atom. The van der Waals surface area contributed by atoms with Crippen LogP contribution in [0, 0.1) is 0 Å². The van der Waals surface area contributed by atoms with Crippen LogP contribution in [0.4, 0.5) is 11.5 Å². The molecule has 0 aliphatic heterocycles. The van der Waals surface area contributed by atoms with E-state index < -0.39 is 0 Å². The van der Waals surface area contributed by atoms with Crippen molar-refractivity contribution >= 4 is 11.5 Å². The number of anilines is 2. The molecule has 0 amide bonds. The molecule has 0 unspecified atom stereocenters. The highest BCUT2D eigenvalue weighted by Crippen LogP contribution is 2.05. The first kappa shape index (κ1) is 10.6. The number of pyridine rings is 1. The van der Waals surface area contributed by atoms with E-state index in [-0.39, 0.29) is 0 Å². The van der Waals surface area contributed by atoms with Crippen molar-refractivity contribution in [3.63, 3.8) is 0 Å². The molecule has 0 spiro atoms. The molecule has 3 heteroatoms. The number of nitrogens with two attached hydrogens (primary N) is 1. The van der Waals surface area contributed by atoms with E-state index in [0.29, 0.717) is 5.69 Å². The van der Waals surface area contributed by atoms with Crippen molar-refractivity contribution in [2.24, 2.45) is 0 Å². The lowest BCUT2D eigenvalue weighted by Gasteiger charge is -2.03. The van der Waals surface area contributed by atoms with Crippen LogP contribution in [0.25, 0.3) is 0 Å². The third-order valence-electron chi connectivity index (χ3n) is 1.79. The molecule has 1 aromatic heterocycles. The molecule has 14 heavy (non-hydrogen) atoms. The normalized spacial score (nSPS) is 9.57. The van der Waals surface area contributed by atoms with Crippen LogP contribution in [-0.2, 0) is 0 Å². The summed E-state index contributed by atoms with van der Waals surface area (Å²) in [5.74, 6) is 0.876. The van der Waals surface area contributed by atoms with Crippen LogP contribution in [0.1, 0.15) is 20.3 Å². The van der Waals surface area contributed by atoms with Crippen molar-refractivity contribution in [1.82, 2.24) is 4.98 Å². The molecule has 0 radical (unpaired) electrons. The fourth-order valence-electron chi connectivity index (χ4n) is 1.07. The predicted molar refractivity (Wildman–Crippen MR) is 61.2 cm³/mol. The Kier molecular flexibility index (Phi) is 3.98. The molecule has 1 aromatic rings. The first-order chi connectivity index (χ1) is 6.68. The maximum Gasteiger partial charge on any atom is 0.126 e. The number of nitrogens with one attached hydrogen (secondary N) is 1.